The number of aryl methyl sites for hydroxylation is 1. The molecule has 0 fully saturated rings. The summed E-state index contributed by atoms with van der Waals surface area (Å²) in [5.74, 6) is -0.112. The molecule has 0 aliphatic carbocycles. The number of hydrogen-bond donors (Lipinski definition) is 3. The molecule has 0 aliphatic rings. The molecule has 0 radical (unpaired) electrons. The Morgan fingerprint density at radius 2 is 1.71 bits per heavy atom. The van der Waals surface area contributed by atoms with Crippen LogP contribution in [0.2, 0.25) is 0 Å². The van der Waals surface area contributed by atoms with E-state index in [-0.39, 0.29) is 5.56 Å². The second kappa shape index (κ2) is 7.32. The maximum Gasteiger partial charge on any atom is 0.337 e. The van der Waals surface area contributed by atoms with Crippen molar-refractivity contribution in [1.82, 2.24) is 15.0 Å². The smallest absolute Gasteiger partial charge is 0.337 e. The molecule has 4 aromatic rings. The number of rotatable bonds is 5. The van der Waals surface area contributed by atoms with Crippen molar-refractivity contribution in [3.05, 3.63) is 78.1 Å². The molecule has 0 saturated heterocycles. The first-order chi connectivity index (χ1) is 13.6. The maximum absolute atomic E-state index is 11.4. The standard InChI is InChI=1S/C21H17N5O2/c1-13-12-18(24-16-9-3-2-8-15(16)20(27)28)26-21(23-13)25-17-10-4-6-14-7-5-11-22-19(14)17/h2-12H,1H3,(H,27,28)(H2,23,24,25,26). The Morgan fingerprint density at radius 3 is 2.57 bits per heavy atom. The predicted octanol–water partition coefficient (Wildman–Crippen LogP) is 4.52. The summed E-state index contributed by atoms with van der Waals surface area (Å²) in [6, 6.07) is 18.1. The van der Waals surface area contributed by atoms with Crippen LogP contribution in [-0.4, -0.2) is 26.0 Å². The quantitative estimate of drug-likeness (QED) is 0.474. The van der Waals surface area contributed by atoms with E-state index in [2.05, 4.69) is 25.6 Å². The largest absolute Gasteiger partial charge is 0.478 e. The number of hydrogen-bond acceptors (Lipinski definition) is 6. The number of carboxylic acid groups (broad SMARTS) is 1. The van der Waals surface area contributed by atoms with Crippen LogP contribution in [-0.2, 0) is 0 Å². The average molecular weight is 371 g/mol. The van der Waals surface area contributed by atoms with Gasteiger partial charge in [0.2, 0.25) is 5.95 Å². The van der Waals surface area contributed by atoms with E-state index in [1.807, 2.05) is 37.3 Å². The van der Waals surface area contributed by atoms with Gasteiger partial charge in [0.15, 0.2) is 0 Å². The molecule has 7 heteroatoms. The summed E-state index contributed by atoms with van der Waals surface area (Å²) in [6.45, 7) is 1.85. The summed E-state index contributed by atoms with van der Waals surface area (Å²) in [4.78, 5) is 24.7. The van der Waals surface area contributed by atoms with Crippen molar-refractivity contribution in [1.29, 1.82) is 0 Å². The van der Waals surface area contributed by atoms with Crippen molar-refractivity contribution in [2.24, 2.45) is 0 Å². The fraction of sp³-hybridized carbons (Fsp3) is 0.0476. The monoisotopic (exact) mass is 371 g/mol. The number of benzene rings is 2. The third-order valence-corrected chi connectivity index (χ3v) is 4.15. The summed E-state index contributed by atoms with van der Waals surface area (Å²) >= 11 is 0. The molecular formula is C21H17N5O2. The molecule has 2 aromatic carbocycles. The molecule has 28 heavy (non-hydrogen) atoms. The van der Waals surface area contributed by atoms with Crippen molar-refractivity contribution >= 4 is 40.0 Å². The van der Waals surface area contributed by atoms with Crippen LogP contribution < -0.4 is 10.6 Å². The second-order valence-electron chi connectivity index (χ2n) is 6.20. The first-order valence-electron chi connectivity index (χ1n) is 8.66. The highest BCUT2D eigenvalue weighted by Gasteiger charge is 2.11. The SMILES string of the molecule is Cc1cc(Nc2ccccc2C(=O)O)nc(Nc2cccc3cccnc23)n1. The molecule has 0 spiro atoms. The lowest BCUT2D eigenvalue weighted by atomic mass is 10.2. The zero-order valence-corrected chi connectivity index (χ0v) is 15.0. The summed E-state index contributed by atoms with van der Waals surface area (Å²) < 4.78 is 0. The van der Waals surface area contributed by atoms with Gasteiger partial charge in [-0.25, -0.2) is 9.78 Å². The van der Waals surface area contributed by atoms with Gasteiger partial charge in [0, 0.05) is 23.3 Å². The van der Waals surface area contributed by atoms with Gasteiger partial charge in [0.05, 0.1) is 22.5 Å². The highest BCUT2D eigenvalue weighted by atomic mass is 16.4. The van der Waals surface area contributed by atoms with E-state index in [0.29, 0.717) is 17.5 Å². The highest BCUT2D eigenvalue weighted by molar-refractivity contribution is 5.95. The Bertz CT molecular complexity index is 1170. The Kier molecular flexibility index (Phi) is 4.55. The molecule has 4 rings (SSSR count). The van der Waals surface area contributed by atoms with Crippen LogP contribution in [0.5, 0.6) is 0 Å². The molecule has 2 aromatic heterocycles. The number of aromatic nitrogens is 3. The zero-order chi connectivity index (χ0) is 19.5. The second-order valence-corrected chi connectivity index (χ2v) is 6.20. The van der Waals surface area contributed by atoms with Gasteiger partial charge in [0.1, 0.15) is 5.82 Å². The molecule has 0 amide bonds. The summed E-state index contributed by atoms with van der Waals surface area (Å²) in [6.07, 6.45) is 1.74. The first kappa shape index (κ1) is 17.4. The van der Waals surface area contributed by atoms with E-state index < -0.39 is 5.97 Å². The van der Waals surface area contributed by atoms with E-state index in [1.165, 1.54) is 0 Å². The molecule has 138 valence electrons. The van der Waals surface area contributed by atoms with Gasteiger partial charge in [-0.3, -0.25) is 4.98 Å². The lowest BCUT2D eigenvalue weighted by molar-refractivity contribution is 0.0698. The number of nitrogens with one attached hydrogen (secondary N) is 2. The Hall–Kier alpha value is -4.00. The van der Waals surface area contributed by atoms with Crippen molar-refractivity contribution in [3.8, 4) is 0 Å². The van der Waals surface area contributed by atoms with Crippen LogP contribution in [0.3, 0.4) is 0 Å². The number of carbonyl (C=O) groups is 1. The van der Waals surface area contributed by atoms with Gasteiger partial charge in [-0.15, -0.1) is 0 Å². The third kappa shape index (κ3) is 3.59. The lowest BCUT2D eigenvalue weighted by Gasteiger charge is -2.12. The molecular weight excluding hydrogens is 354 g/mol. The minimum atomic E-state index is -1.01. The van der Waals surface area contributed by atoms with Gasteiger partial charge < -0.3 is 15.7 Å². The summed E-state index contributed by atoms with van der Waals surface area (Å²) in [7, 11) is 0. The normalized spacial score (nSPS) is 10.6. The zero-order valence-electron chi connectivity index (χ0n) is 15.0. The number of aromatic carboxylic acids is 1. The highest BCUT2D eigenvalue weighted by Crippen LogP contribution is 2.25. The Labute approximate surface area is 161 Å². The number of anilines is 4. The van der Waals surface area contributed by atoms with Gasteiger partial charge in [-0.2, -0.15) is 4.98 Å². The molecule has 3 N–H and O–H groups in total. The number of para-hydroxylation sites is 2. The summed E-state index contributed by atoms with van der Waals surface area (Å²) in [5, 5.41) is 16.6. The fourth-order valence-corrected chi connectivity index (χ4v) is 2.93. The third-order valence-electron chi connectivity index (χ3n) is 4.15. The molecule has 7 nitrogen and oxygen atoms in total. The van der Waals surface area contributed by atoms with Gasteiger partial charge in [-0.1, -0.05) is 30.3 Å². The van der Waals surface area contributed by atoms with E-state index >= 15 is 0 Å². The van der Waals surface area contributed by atoms with Crippen molar-refractivity contribution in [2.45, 2.75) is 6.92 Å². The van der Waals surface area contributed by atoms with Crippen LogP contribution in [0.15, 0.2) is 66.9 Å². The van der Waals surface area contributed by atoms with Crippen molar-refractivity contribution < 1.29 is 9.90 Å². The number of carboxylic acids is 1. The van der Waals surface area contributed by atoms with E-state index in [0.717, 1.165) is 22.3 Å². The molecule has 0 aliphatic heterocycles. The summed E-state index contributed by atoms with van der Waals surface area (Å²) in [5.41, 5.74) is 2.99. The maximum atomic E-state index is 11.4. The number of fused-ring (bicyclic) bond motifs is 1. The van der Waals surface area contributed by atoms with Crippen LogP contribution in [0.1, 0.15) is 16.1 Å². The minimum absolute atomic E-state index is 0.173. The molecule has 0 unspecified atom stereocenters. The van der Waals surface area contributed by atoms with Crippen molar-refractivity contribution in [3.63, 3.8) is 0 Å². The average Bonchev–Trinajstić information content (AvgIpc) is 2.68. The van der Waals surface area contributed by atoms with Gasteiger partial charge in [-0.05, 0) is 31.2 Å². The molecule has 0 saturated carbocycles. The van der Waals surface area contributed by atoms with E-state index in [1.54, 1.807) is 36.5 Å². The minimum Gasteiger partial charge on any atom is -0.478 e. The van der Waals surface area contributed by atoms with Crippen LogP contribution >= 0.6 is 0 Å². The molecule has 0 atom stereocenters. The predicted molar refractivity (Wildman–Crippen MR) is 108 cm³/mol. The first-order valence-corrected chi connectivity index (χ1v) is 8.66. The van der Waals surface area contributed by atoms with Gasteiger partial charge >= 0.3 is 5.97 Å². The van der Waals surface area contributed by atoms with E-state index in [9.17, 15) is 9.90 Å². The Balaban J connectivity index is 1.67. The molecule has 0 bridgehead atoms. The van der Waals surface area contributed by atoms with Crippen LogP contribution in [0.25, 0.3) is 10.9 Å². The van der Waals surface area contributed by atoms with Gasteiger partial charge in [0.25, 0.3) is 0 Å². The molecule has 2 heterocycles. The Morgan fingerprint density at radius 1 is 0.929 bits per heavy atom. The van der Waals surface area contributed by atoms with Crippen LogP contribution in [0.4, 0.5) is 23.1 Å². The fourth-order valence-electron chi connectivity index (χ4n) is 2.93. The van der Waals surface area contributed by atoms with Crippen molar-refractivity contribution in [2.75, 3.05) is 10.6 Å². The van der Waals surface area contributed by atoms with Crippen LogP contribution in [0, 0.1) is 6.92 Å². The topological polar surface area (TPSA) is 100 Å². The van der Waals surface area contributed by atoms with E-state index in [4.69, 9.17) is 0 Å². The number of pyridine rings is 1. The lowest BCUT2D eigenvalue weighted by Crippen LogP contribution is -2.06. The number of nitrogens with zero attached hydrogens (tertiary/aromatic N) is 3.